The number of aliphatic hydroxyl groups excluding tert-OH is 1. The van der Waals surface area contributed by atoms with Crippen LogP contribution >= 0.6 is 0 Å². The number of rotatable bonds is 6. The van der Waals surface area contributed by atoms with Gasteiger partial charge in [0.25, 0.3) is 0 Å². The molecule has 31 heavy (non-hydrogen) atoms. The Morgan fingerprint density at radius 2 is 1.61 bits per heavy atom. The molecule has 0 aromatic heterocycles. The van der Waals surface area contributed by atoms with Crippen LogP contribution in [-0.4, -0.2) is 38.1 Å². The average Bonchev–Trinajstić information content (AvgIpc) is 2.80. The summed E-state index contributed by atoms with van der Waals surface area (Å²) in [6.07, 6.45) is -0.721. The Bertz CT molecular complexity index is 1160. The number of sulfonamides is 1. The van der Waals surface area contributed by atoms with E-state index in [0.717, 1.165) is 11.1 Å². The van der Waals surface area contributed by atoms with Gasteiger partial charge in [-0.2, -0.15) is 4.31 Å². The van der Waals surface area contributed by atoms with Crippen LogP contribution in [0.15, 0.2) is 77.7 Å². The van der Waals surface area contributed by atoms with Crippen molar-refractivity contribution in [1.29, 1.82) is 0 Å². The molecule has 0 saturated heterocycles. The van der Waals surface area contributed by atoms with Crippen LogP contribution in [0.2, 0.25) is 0 Å². The molecule has 7 heteroatoms. The highest BCUT2D eigenvalue weighted by Gasteiger charge is 2.43. The first kappa shape index (κ1) is 21.4. The van der Waals surface area contributed by atoms with E-state index in [1.165, 1.54) is 4.31 Å². The standard InChI is InChI=1S/C24H25NO5S/c1-29-21-13-8-11-18(24(21)30-2)15-20-23(26)19-12-6-7-14-22(19)31(27,28)25(20)16-17-9-4-3-5-10-17/h3-14,20,23,26H,15-16H2,1-2H3/t20-,23-/m0/s1. The lowest BCUT2D eigenvalue weighted by atomic mass is 9.94. The minimum Gasteiger partial charge on any atom is -0.493 e. The molecule has 3 aromatic carbocycles. The average molecular weight is 440 g/mol. The van der Waals surface area contributed by atoms with E-state index < -0.39 is 22.2 Å². The van der Waals surface area contributed by atoms with E-state index in [-0.39, 0.29) is 17.9 Å². The van der Waals surface area contributed by atoms with Crippen LogP contribution in [0, 0.1) is 0 Å². The maximum atomic E-state index is 13.6. The molecule has 0 amide bonds. The highest BCUT2D eigenvalue weighted by Crippen LogP contribution is 2.41. The van der Waals surface area contributed by atoms with Crippen LogP contribution in [0.4, 0.5) is 0 Å². The second-order valence-corrected chi connectivity index (χ2v) is 9.30. The highest BCUT2D eigenvalue weighted by molar-refractivity contribution is 7.89. The second-order valence-electron chi connectivity index (χ2n) is 7.44. The van der Waals surface area contributed by atoms with Gasteiger partial charge in [0, 0.05) is 12.1 Å². The SMILES string of the molecule is COc1cccc(C[C@H]2[C@@H](O)c3ccccc3S(=O)(=O)N2Cc2ccccc2)c1OC. The molecule has 1 heterocycles. The maximum absolute atomic E-state index is 13.6. The largest absolute Gasteiger partial charge is 0.493 e. The number of methoxy groups -OCH3 is 2. The molecule has 0 radical (unpaired) electrons. The van der Waals surface area contributed by atoms with Crippen LogP contribution in [-0.2, 0) is 23.0 Å². The Hall–Kier alpha value is -2.87. The first-order valence-corrected chi connectivity index (χ1v) is 11.4. The Kier molecular flexibility index (Phi) is 6.00. The van der Waals surface area contributed by atoms with Gasteiger partial charge in [-0.05, 0) is 29.7 Å². The van der Waals surface area contributed by atoms with Gasteiger partial charge in [0.05, 0.1) is 31.3 Å². The van der Waals surface area contributed by atoms with Crippen molar-refractivity contribution >= 4 is 10.0 Å². The summed E-state index contributed by atoms with van der Waals surface area (Å²) in [5.41, 5.74) is 2.03. The zero-order chi connectivity index (χ0) is 22.0. The van der Waals surface area contributed by atoms with Crippen molar-refractivity contribution in [2.24, 2.45) is 0 Å². The van der Waals surface area contributed by atoms with Gasteiger partial charge in [-0.25, -0.2) is 8.42 Å². The summed E-state index contributed by atoms with van der Waals surface area (Å²) in [4.78, 5) is 0.146. The molecule has 0 unspecified atom stereocenters. The number of nitrogens with zero attached hydrogens (tertiary/aromatic N) is 1. The summed E-state index contributed by atoms with van der Waals surface area (Å²) in [5, 5.41) is 11.3. The molecule has 0 fully saturated rings. The normalized spacial score (nSPS) is 20.1. The van der Waals surface area contributed by atoms with Crippen LogP contribution in [0.25, 0.3) is 0 Å². The Morgan fingerprint density at radius 1 is 0.903 bits per heavy atom. The summed E-state index contributed by atoms with van der Waals surface area (Å²) in [5.74, 6) is 1.09. The third-order valence-electron chi connectivity index (χ3n) is 5.65. The number of aliphatic hydroxyl groups is 1. The van der Waals surface area contributed by atoms with E-state index in [0.29, 0.717) is 17.1 Å². The Labute approximate surface area is 182 Å². The molecule has 2 atom stereocenters. The lowest BCUT2D eigenvalue weighted by molar-refractivity contribution is 0.0766. The Morgan fingerprint density at radius 3 is 2.32 bits per heavy atom. The van der Waals surface area contributed by atoms with E-state index in [9.17, 15) is 13.5 Å². The van der Waals surface area contributed by atoms with Crippen molar-refractivity contribution in [2.75, 3.05) is 14.2 Å². The van der Waals surface area contributed by atoms with E-state index >= 15 is 0 Å². The number of hydrogen-bond acceptors (Lipinski definition) is 5. The number of hydrogen-bond donors (Lipinski definition) is 1. The molecule has 162 valence electrons. The quantitative estimate of drug-likeness (QED) is 0.636. The van der Waals surface area contributed by atoms with Gasteiger partial charge >= 0.3 is 0 Å². The van der Waals surface area contributed by atoms with Crippen LogP contribution < -0.4 is 9.47 Å². The van der Waals surface area contributed by atoms with Gasteiger partial charge in [0.2, 0.25) is 10.0 Å². The van der Waals surface area contributed by atoms with Crippen LogP contribution in [0.3, 0.4) is 0 Å². The third kappa shape index (κ3) is 3.92. The number of ether oxygens (including phenoxy) is 2. The summed E-state index contributed by atoms with van der Waals surface area (Å²) >= 11 is 0. The first-order chi connectivity index (χ1) is 15.0. The molecular formula is C24H25NO5S. The van der Waals surface area contributed by atoms with Crippen molar-refractivity contribution in [3.8, 4) is 11.5 Å². The first-order valence-electron chi connectivity index (χ1n) is 10.00. The van der Waals surface area contributed by atoms with Crippen molar-refractivity contribution in [1.82, 2.24) is 4.31 Å². The van der Waals surface area contributed by atoms with Crippen molar-refractivity contribution in [3.63, 3.8) is 0 Å². The zero-order valence-electron chi connectivity index (χ0n) is 17.4. The van der Waals surface area contributed by atoms with E-state index in [1.54, 1.807) is 44.6 Å². The number of fused-ring (bicyclic) bond motifs is 1. The van der Waals surface area contributed by atoms with E-state index in [4.69, 9.17) is 9.47 Å². The van der Waals surface area contributed by atoms with Gasteiger partial charge in [0.15, 0.2) is 11.5 Å². The van der Waals surface area contributed by atoms with Gasteiger partial charge in [-0.3, -0.25) is 0 Å². The number of para-hydroxylation sites is 1. The molecule has 0 bridgehead atoms. The van der Waals surface area contributed by atoms with Gasteiger partial charge < -0.3 is 14.6 Å². The summed E-state index contributed by atoms with van der Waals surface area (Å²) in [6.45, 7) is 0.158. The monoisotopic (exact) mass is 439 g/mol. The predicted octanol–water partition coefficient (Wildman–Crippen LogP) is 3.55. The number of benzene rings is 3. The molecule has 1 aliphatic rings. The highest BCUT2D eigenvalue weighted by atomic mass is 32.2. The fraction of sp³-hybridized carbons (Fsp3) is 0.250. The molecule has 4 rings (SSSR count). The minimum absolute atomic E-state index is 0.146. The molecular weight excluding hydrogens is 414 g/mol. The van der Waals surface area contributed by atoms with Gasteiger partial charge in [0.1, 0.15) is 0 Å². The summed E-state index contributed by atoms with van der Waals surface area (Å²) < 4.78 is 39.5. The van der Waals surface area contributed by atoms with Crippen LogP contribution in [0.1, 0.15) is 22.8 Å². The fourth-order valence-corrected chi connectivity index (χ4v) is 6.00. The lowest BCUT2D eigenvalue weighted by Crippen LogP contribution is -2.48. The summed E-state index contributed by atoms with van der Waals surface area (Å²) in [6, 6.07) is 20.8. The zero-order valence-corrected chi connectivity index (χ0v) is 18.2. The molecule has 6 nitrogen and oxygen atoms in total. The molecule has 1 aliphatic heterocycles. The second kappa shape index (κ2) is 8.70. The van der Waals surface area contributed by atoms with Crippen molar-refractivity contribution in [2.45, 2.75) is 30.0 Å². The van der Waals surface area contributed by atoms with E-state index in [1.807, 2.05) is 42.5 Å². The van der Waals surface area contributed by atoms with Crippen LogP contribution in [0.5, 0.6) is 11.5 Å². The molecule has 0 saturated carbocycles. The lowest BCUT2D eigenvalue weighted by Gasteiger charge is -2.39. The van der Waals surface area contributed by atoms with E-state index in [2.05, 4.69) is 0 Å². The van der Waals surface area contributed by atoms with Crippen molar-refractivity contribution in [3.05, 3.63) is 89.5 Å². The molecule has 0 aliphatic carbocycles. The fourth-order valence-electron chi connectivity index (χ4n) is 4.15. The maximum Gasteiger partial charge on any atom is 0.244 e. The van der Waals surface area contributed by atoms with Crippen molar-refractivity contribution < 1.29 is 23.0 Å². The van der Waals surface area contributed by atoms with Gasteiger partial charge in [-0.15, -0.1) is 0 Å². The summed E-state index contributed by atoms with van der Waals surface area (Å²) in [7, 11) is -0.714. The topological polar surface area (TPSA) is 76.1 Å². The van der Waals surface area contributed by atoms with Gasteiger partial charge in [-0.1, -0.05) is 60.7 Å². The molecule has 3 aromatic rings. The minimum atomic E-state index is -3.82. The Balaban J connectivity index is 1.82. The third-order valence-corrected chi connectivity index (χ3v) is 7.60. The molecule has 1 N–H and O–H groups in total. The molecule has 0 spiro atoms. The smallest absolute Gasteiger partial charge is 0.244 e. The predicted molar refractivity (Wildman–Crippen MR) is 118 cm³/mol.